The number of ether oxygens (including phenoxy) is 1. The molecule has 1 aliphatic carbocycles. The zero-order chi connectivity index (χ0) is 15.4. The number of nitrogens with zero attached hydrogens (tertiary/aromatic N) is 3. The first-order valence-corrected chi connectivity index (χ1v) is 8.33. The standard InChI is InChI=1S/C16H19N3O2S/c1-21-10-9-19-11-17-18-16(19)22-14-8-4-6-12-5-2-3-7-13(12)15(14)20/h2-3,5,7,11,14H,4,6,8-10H2,1H3/t14-/m1/s1. The van der Waals surface area contributed by atoms with Crippen LogP contribution < -0.4 is 0 Å². The minimum Gasteiger partial charge on any atom is -0.383 e. The molecule has 0 bridgehead atoms. The third-order valence-electron chi connectivity index (χ3n) is 3.85. The molecule has 6 heteroatoms. The molecule has 1 aliphatic rings. The predicted molar refractivity (Wildman–Crippen MR) is 85.3 cm³/mol. The summed E-state index contributed by atoms with van der Waals surface area (Å²) in [5.74, 6) is 0.208. The summed E-state index contributed by atoms with van der Waals surface area (Å²) in [5.41, 5.74) is 2.02. The molecule has 3 rings (SSSR count). The van der Waals surface area contributed by atoms with E-state index in [0.717, 1.165) is 35.5 Å². The number of hydrogen-bond acceptors (Lipinski definition) is 5. The molecule has 1 aromatic heterocycles. The molecule has 0 saturated carbocycles. The Morgan fingerprint density at radius 3 is 3.14 bits per heavy atom. The van der Waals surface area contributed by atoms with Crippen molar-refractivity contribution in [3.63, 3.8) is 0 Å². The Bertz CT molecular complexity index is 656. The van der Waals surface area contributed by atoms with Gasteiger partial charge in [-0.05, 0) is 24.8 Å². The third-order valence-corrected chi connectivity index (χ3v) is 5.11. The van der Waals surface area contributed by atoms with E-state index in [1.165, 1.54) is 11.8 Å². The molecule has 2 aromatic rings. The maximum absolute atomic E-state index is 12.8. The average molecular weight is 317 g/mol. The quantitative estimate of drug-likeness (QED) is 0.793. The van der Waals surface area contributed by atoms with Gasteiger partial charge in [0.1, 0.15) is 6.33 Å². The second-order valence-electron chi connectivity index (χ2n) is 5.32. The fourth-order valence-corrected chi connectivity index (χ4v) is 3.82. The largest absolute Gasteiger partial charge is 0.383 e. The Kier molecular flexibility index (Phi) is 4.90. The van der Waals surface area contributed by atoms with Gasteiger partial charge in [0.15, 0.2) is 10.9 Å². The fraction of sp³-hybridized carbons (Fsp3) is 0.438. The monoisotopic (exact) mass is 317 g/mol. The number of fused-ring (bicyclic) bond motifs is 1. The van der Waals surface area contributed by atoms with Gasteiger partial charge in [-0.1, -0.05) is 36.0 Å². The topological polar surface area (TPSA) is 57.0 Å². The van der Waals surface area contributed by atoms with Gasteiger partial charge in [-0.15, -0.1) is 10.2 Å². The van der Waals surface area contributed by atoms with Gasteiger partial charge in [-0.2, -0.15) is 0 Å². The maximum Gasteiger partial charge on any atom is 0.191 e. The van der Waals surface area contributed by atoms with E-state index in [9.17, 15) is 4.79 Å². The molecule has 1 heterocycles. The molecular formula is C16H19N3O2S. The third kappa shape index (κ3) is 3.23. The maximum atomic E-state index is 12.8. The number of hydrogen-bond donors (Lipinski definition) is 0. The summed E-state index contributed by atoms with van der Waals surface area (Å²) in [5, 5.41) is 8.81. The minimum atomic E-state index is -0.0888. The van der Waals surface area contributed by atoms with Crippen molar-refractivity contribution in [3.8, 4) is 0 Å². The lowest BCUT2D eigenvalue weighted by atomic mass is 10.0. The van der Waals surface area contributed by atoms with Gasteiger partial charge in [0, 0.05) is 19.2 Å². The van der Waals surface area contributed by atoms with E-state index in [4.69, 9.17) is 4.74 Å². The first-order valence-electron chi connectivity index (χ1n) is 7.45. The summed E-state index contributed by atoms with van der Waals surface area (Å²) in [4.78, 5) is 12.8. The number of carbonyl (C=O) groups is 1. The average Bonchev–Trinajstić information content (AvgIpc) is 2.92. The van der Waals surface area contributed by atoms with Crippen molar-refractivity contribution in [2.24, 2.45) is 0 Å². The molecular weight excluding hydrogens is 298 g/mol. The molecule has 22 heavy (non-hydrogen) atoms. The molecule has 0 N–H and O–H groups in total. The highest BCUT2D eigenvalue weighted by Crippen LogP contribution is 2.31. The Balaban J connectivity index is 1.78. The van der Waals surface area contributed by atoms with Crippen LogP contribution in [-0.2, 0) is 17.7 Å². The van der Waals surface area contributed by atoms with Crippen LogP contribution in [0.1, 0.15) is 28.8 Å². The molecule has 0 spiro atoms. The number of ketones is 1. The Labute approximate surface area is 134 Å². The first kappa shape index (κ1) is 15.2. The zero-order valence-electron chi connectivity index (χ0n) is 12.6. The molecule has 0 unspecified atom stereocenters. The number of methoxy groups -OCH3 is 1. The van der Waals surface area contributed by atoms with E-state index in [2.05, 4.69) is 16.3 Å². The van der Waals surface area contributed by atoms with Gasteiger partial charge in [-0.3, -0.25) is 4.79 Å². The summed E-state index contributed by atoms with van der Waals surface area (Å²) in [7, 11) is 1.67. The fourth-order valence-electron chi connectivity index (χ4n) is 2.68. The summed E-state index contributed by atoms with van der Waals surface area (Å²) in [6.07, 6.45) is 4.55. The lowest BCUT2D eigenvalue weighted by Crippen LogP contribution is -2.17. The van der Waals surface area contributed by atoms with Crippen LogP contribution >= 0.6 is 11.8 Å². The van der Waals surface area contributed by atoms with Crippen molar-refractivity contribution in [1.82, 2.24) is 14.8 Å². The molecule has 0 amide bonds. The van der Waals surface area contributed by atoms with Gasteiger partial charge >= 0.3 is 0 Å². The van der Waals surface area contributed by atoms with Crippen LogP contribution in [0.5, 0.6) is 0 Å². The number of rotatable bonds is 5. The van der Waals surface area contributed by atoms with Crippen LogP contribution in [0, 0.1) is 0 Å². The van der Waals surface area contributed by atoms with Gasteiger partial charge in [0.25, 0.3) is 0 Å². The molecule has 0 saturated heterocycles. The number of thioether (sulfide) groups is 1. The molecule has 0 radical (unpaired) electrons. The van der Waals surface area contributed by atoms with Crippen LogP contribution in [0.3, 0.4) is 0 Å². The van der Waals surface area contributed by atoms with Crippen LogP contribution in [0.4, 0.5) is 0 Å². The number of carbonyl (C=O) groups excluding carboxylic acids is 1. The molecule has 1 aromatic carbocycles. The van der Waals surface area contributed by atoms with E-state index >= 15 is 0 Å². The van der Waals surface area contributed by atoms with E-state index in [0.29, 0.717) is 13.2 Å². The SMILES string of the molecule is COCCn1cnnc1S[C@@H]1CCCc2ccccc2C1=O. The first-order chi connectivity index (χ1) is 10.8. The van der Waals surface area contributed by atoms with Gasteiger partial charge in [-0.25, -0.2) is 0 Å². The number of benzene rings is 1. The van der Waals surface area contributed by atoms with Gasteiger partial charge < -0.3 is 9.30 Å². The number of aryl methyl sites for hydroxylation is 1. The second-order valence-corrected chi connectivity index (χ2v) is 6.49. The Morgan fingerprint density at radius 2 is 2.27 bits per heavy atom. The van der Waals surface area contributed by atoms with Crippen LogP contribution in [0.15, 0.2) is 35.7 Å². The smallest absolute Gasteiger partial charge is 0.191 e. The van der Waals surface area contributed by atoms with Crippen LogP contribution in [-0.4, -0.2) is 39.5 Å². The zero-order valence-corrected chi connectivity index (χ0v) is 13.4. The van der Waals surface area contributed by atoms with Crippen molar-refractivity contribution in [2.75, 3.05) is 13.7 Å². The Hall–Kier alpha value is -1.66. The normalized spacial score (nSPS) is 18.0. The lowest BCUT2D eigenvalue weighted by Gasteiger charge is -2.13. The van der Waals surface area contributed by atoms with Crippen LogP contribution in [0.25, 0.3) is 0 Å². The highest BCUT2D eigenvalue weighted by Gasteiger charge is 2.27. The van der Waals surface area contributed by atoms with Crippen LogP contribution in [0.2, 0.25) is 0 Å². The molecule has 5 nitrogen and oxygen atoms in total. The van der Waals surface area contributed by atoms with Gasteiger partial charge in [0.05, 0.1) is 11.9 Å². The molecule has 0 aliphatic heterocycles. The Morgan fingerprint density at radius 1 is 1.41 bits per heavy atom. The lowest BCUT2D eigenvalue weighted by molar-refractivity contribution is 0.0988. The molecule has 116 valence electrons. The van der Waals surface area contributed by atoms with E-state index in [1.54, 1.807) is 13.4 Å². The highest BCUT2D eigenvalue weighted by atomic mass is 32.2. The minimum absolute atomic E-state index is 0.0888. The van der Waals surface area contributed by atoms with E-state index < -0.39 is 0 Å². The summed E-state index contributed by atoms with van der Waals surface area (Å²) in [6.45, 7) is 1.30. The molecule has 1 atom stereocenters. The summed E-state index contributed by atoms with van der Waals surface area (Å²) >= 11 is 1.52. The summed E-state index contributed by atoms with van der Waals surface area (Å²) < 4.78 is 7.04. The van der Waals surface area contributed by atoms with Crippen molar-refractivity contribution in [2.45, 2.75) is 36.2 Å². The van der Waals surface area contributed by atoms with Crippen molar-refractivity contribution in [1.29, 1.82) is 0 Å². The summed E-state index contributed by atoms with van der Waals surface area (Å²) in [6, 6.07) is 7.93. The van der Waals surface area contributed by atoms with Gasteiger partial charge in [0.2, 0.25) is 0 Å². The van der Waals surface area contributed by atoms with E-state index in [-0.39, 0.29) is 11.0 Å². The predicted octanol–water partition coefficient (Wildman–Crippen LogP) is 2.60. The van der Waals surface area contributed by atoms with E-state index in [1.807, 2.05) is 22.8 Å². The van der Waals surface area contributed by atoms with Crippen molar-refractivity contribution >= 4 is 17.5 Å². The number of aromatic nitrogens is 3. The second kappa shape index (κ2) is 7.07. The van der Waals surface area contributed by atoms with Crippen molar-refractivity contribution < 1.29 is 9.53 Å². The number of Topliss-reactive ketones (excluding diaryl/α,β-unsaturated/α-hetero) is 1. The van der Waals surface area contributed by atoms with Crippen molar-refractivity contribution in [3.05, 3.63) is 41.7 Å². The molecule has 0 fully saturated rings. The highest BCUT2D eigenvalue weighted by molar-refractivity contribution is 8.00.